The summed E-state index contributed by atoms with van der Waals surface area (Å²) in [6.45, 7) is 0.191. The van der Waals surface area contributed by atoms with Crippen LogP contribution < -0.4 is 15.4 Å². The second-order valence-corrected chi connectivity index (χ2v) is 9.04. The second kappa shape index (κ2) is 8.09. The molecule has 1 aliphatic heterocycles. The van der Waals surface area contributed by atoms with Gasteiger partial charge in [0, 0.05) is 6.04 Å². The van der Waals surface area contributed by atoms with Gasteiger partial charge in [-0.2, -0.15) is 8.78 Å². The zero-order valence-electron chi connectivity index (χ0n) is 17.6. The summed E-state index contributed by atoms with van der Waals surface area (Å²) in [5.74, 6) is 0.872. The Morgan fingerprint density at radius 1 is 1.26 bits per heavy atom. The Morgan fingerprint density at radius 2 is 1.97 bits per heavy atom. The highest BCUT2D eigenvalue weighted by atomic mass is 19.3. The van der Waals surface area contributed by atoms with E-state index < -0.39 is 24.1 Å². The predicted octanol–water partition coefficient (Wildman–Crippen LogP) is 3.00. The number of amides is 4. The molecule has 3 aliphatic rings. The highest BCUT2D eigenvalue weighted by Crippen LogP contribution is 2.49. The molecule has 0 unspecified atom stereocenters. The molecule has 1 saturated heterocycles. The Labute approximate surface area is 179 Å². The van der Waals surface area contributed by atoms with E-state index in [-0.39, 0.29) is 24.2 Å². The van der Waals surface area contributed by atoms with E-state index >= 15 is 0 Å². The molecule has 3 fully saturated rings. The number of carbonyl (C=O) groups is 3. The van der Waals surface area contributed by atoms with Crippen LogP contribution in [0.5, 0.6) is 5.75 Å². The van der Waals surface area contributed by atoms with Gasteiger partial charge in [-0.15, -0.1) is 0 Å². The first kappa shape index (κ1) is 21.5. The first-order valence-electron chi connectivity index (χ1n) is 10.7. The zero-order valence-corrected chi connectivity index (χ0v) is 17.6. The monoisotopic (exact) mass is 435 g/mol. The normalized spacial score (nSPS) is 30.6. The van der Waals surface area contributed by atoms with Gasteiger partial charge in [-0.3, -0.25) is 14.5 Å². The Morgan fingerprint density at radius 3 is 2.55 bits per heavy atom. The molecule has 1 aromatic carbocycles. The summed E-state index contributed by atoms with van der Waals surface area (Å²) >= 11 is 0. The fourth-order valence-electron chi connectivity index (χ4n) is 5.46. The largest absolute Gasteiger partial charge is 0.435 e. The maximum Gasteiger partial charge on any atom is 0.387 e. The van der Waals surface area contributed by atoms with Crippen LogP contribution >= 0.6 is 0 Å². The van der Waals surface area contributed by atoms with Crippen LogP contribution in [-0.2, 0) is 15.1 Å². The minimum absolute atomic E-state index is 0.00247. The quantitative estimate of drug-likeness (QED) is 0.645. The van der Waals surface area contributed by atoms with E-state index in [0.29, 0.717) is 17.4 Å². The fourth-order valence-corrected chi connectivity index (χ4v) is 5.46. The van der Waals surface area contributed by atoms with Gasteiger partial charge in [-0.05, 0) is 68.6 Å². The molecule has 2 bridgehead atoms. The van der Waals surface area contributed by atoms with Crippen LogP contribution in [0.1, 0.15) is 45.1 Å². The number of urea groups is 1. The molecule has 5 atom stereocenters. The number of rotatable bonds is 7. The summed E-state index contributed by atoms with van der Waals surface area (Å²) in [4.78, 5) is 38.9. The Bertz CT molecular complexity index is 878. The number of imide groups is 1. The lowest BCUT2D eigenvalue weighted by atomic mass is 9.84. The van der Waals surface area contributed by atoms with Crippen LogP contribution in [-0.4, -0.2) is 41.9 Å². The molecule has 7 nitrogen and oxygen atoms in total. The van der Waals surface area contributed by atoms with Gasteiger partial charge in [0.2, 0.25) is 5.91 Å². The molecule has 0 aromatic heterocycles. The molecular weight excluding hydrogens is 408 g/mol. The van der Waals surface area contributed by atoms with E-state index in [2.05, 4.69) is 15.4 Å². The number of alkyl halides is 2. The number of hydrogen-bond acceptors (Lipinski definition) is 4. The van der Waals surface area contributed by atoms with Crippen molar-refractivity contribution >= 4 is 17.8 Å². The molecule has 1 aromatic rings. The van der Waals surface area contributed by atoms with Crippen LogP contribution in [0.4, 0.5) is 13.6 Å². The van der Waals surface area contributed by atoms with Crippen molar-refractivity contribution < 1.29 is 27.9 Å². The summed E-state index contributed by atoms with van der Waals surface area (Å²) in [6.07, 6.45) is 4.84. The zero-order chi connectivity index (χ0) is 22.3. The first-order valence-corrected chi connectivity index (χ1v) is 10.7. The molecule has 2 aliphatic carbocycles. The van der Waals surface area contributed by atoms with Gasteiger partial charge < -0.3 is 15.4 Å². The lowest BCUT2D eigenvalue weighted by molar-refractivity contribution is -0.135. The number of hydrogen-bond donors (Lipinski definition) is 2. The van der Waals surface area contributed by atoms with Gasteiger partial charge in [0.05, 0.1) is 0 Å². The maximum absolute atomic E-state index is 13.0. The minimum atomic E-state index is -2.95. The standard InChI is InChI=1S/C22H27F2N3O4/c1-12(17-10-13-3-4-14(17)9-13)25-18(28)11-27-19(29)22(2,26-21(27)30)15-5-7-16(8-6-15)31-20(23)24/h5-8,12-14,17,20H,3-4,9-11H2,1-2H3,(H,25,28)(H,26,30)/t12-,13+,14+,17-,22-/m0/s1. The fraction of sp³-hybridized carbons (Fsp3) is 0.591. The van der Waals surface area contributed by atoms with E-state index in [1.807, 2.05) is 6.92 Å². The van der Waals surface area contributed by atoms with Crippen LogP contribution in [0, 0.1) is 17.8 Å². The highest BCUT2D eigenvalue weighted by molar-refractivity contribution is 6.09. The molecular formula is C22H27F2N3O4. The molecule has 0 spiro atoms. The SMILES string of the molecule is C[C@H](NC(=O)CN1C(=O)N[C@@](C)(c2ccc(OC(F)F)cc2)C1=O)[C@@H]1C[C@@H]2CC[C@@H]1C2. The molecule has 9 heteroatoms. The molecule has 4 amide bonds. The van der Waals surface area contributed by atoms with Crippen molar-refractivity contribution in [2.24, 2.45) is 17.8 Å². The smallest absolute Gasteiger partial charge is 0.387 e. The molecule has 1 heterocycles. The summed E-state index contributed by atoms with van der Waals surface area (Å²) in [5, 5.41) is 5.58. The summed E-state index contributed by atoms with van der Waals surface area (Å²) in [7, 11) is 0. The number of benzene rings is 1. The predicted molar refractivity (Wildman–Crippen MR) is 107 cm³/mol. The number of nitrogens with one attached hydrogen (secondary N) is 2. The Kier molecular flexibility index (Phi) is 5.61. The van der Waals surface area contributed by atoms with Gasteiger partial charge in [-0.1, -0.05) is 18.6 Å². The summed E-state index contributed by atoms with van der Waals surface area (Å²) in [6, 6.07) is 4.82. The number of halogens is 2. The van der Waals surface area contributed by atoms with E-state index in [0.717, 1.165) is 17.2 Å². The Hall–Kier alpha value is -2.71. The number of fused-ring (bicyclic) bond motifs is 2. The van der Waals surface area contributed by atoms with Crippen LogP contribution in [0.3, 0.4) is 0 Å². The minimum Gasteiger partial charge on any atom is -0.435 e. The van der Waals surface area contributed by atoms with Crippen molar-refractivity contribution in [1.82, 2.24) is 15.5 Å². The van der Waals surface area contributed by atoms with Crippen LogP contribution in [0.25, 0.3) is 0 Å². The highest BCUT2D eigenvalue weighted by Gasteiger charge is 2.50. The third kappa shape index (κ3) is 4.09. The van der Waals surface area contributed by atoms with Crippen molar-refractivity contribution in [2.45, 2.75) is 57.7 Å². The molecule has 2 N–H and O–H groups in total. The van der Waals surface area contributed by atoms with Crippen LogP contribution in [0.2, 0.25) is 0 Å². The van der Waals surface area contributed by atoms with Crippen molar-refractivity contribution in [3.8, 4) is 5.75 Å². The first-order chi connectivity index (χ1) is 14.7. The van der Waals surface area contributed by atoms with Crippen molar-refractivity contribution in [3.63, 3.8) is 0 Å². The molecule has 31 heavy (non-hydrogen) atoms. The molecule has 4 rings (SSSR count). The summed E-state index contributed by atoms with van der Waals surface area (Å²) in [5.41, 5.74) is -0.984. The number of ether oxygens (including phenoxy) is 1. The van der Waals surface area contributed by atoms with Gasteiger partial charge >= 0.3 is 12.6 Å². The van der Waals surface area contributed by atoms with Crippen LogP contribution in [0.15, 0.2) is 24.3 Å². The van der Waals surface area contributed by atoms with Crippen molar-refractivity contribution in [1.29, 1.82) is 0 Å². The topological polar surface area (TPSA) is 87.7 Å². The van der Waals surface area contributed by atoms with Gasteiger partial charge in [-0.25, -0.2) is 4.79 Å². The lowest BCUT2D eigenvalue weighted by Crippen LogP contribution is -2.47. The number of carbonyl (C=O) groups excluding carboxylic acids is 3. The number of nitrogens with zero attached hydrogens (tertiary/aromatic N) is 1. The van der Waals surface area contributed by atoms with Crippen molar-refractivity contribution in [2.75, 3.05) is 6.54 Å². The lowest BCUT2D eigenvalue weighted by Gasteiger charge is -2.29. The Balaban J connectivity index is 1.39. The van der Waals surface area contributed by atoms with E-state index in [1.54, 1.807) is 0 Å². The second-order valence-electron chi connectivity index (χ2n) is 9.04. The third-order valence-corrected chi connectivity index (χ3v) is 7.06. The average molecular weight is 435 g/mol. The summed E-state index contributed by atoms with van der Waals surface area (Å²) < 4.78 is 29.0. The van der Waals surface area contributed by atoms with E-state index in [1.165, 1.54) is 50.5 Å². The van der Waals surface area contributed by atoms with E-state index in [9.17, 15) is 23.2 Å². The molecule has 2 saturated carbocycles. The van der Waals surface area contributed by atoms with Gasteiger partial charge in [0.15, 0.2) is 0 Å². The molecule has 168 valence electrons. The van der Waals surface area contributed by atoms with Crippen molar-refractivity contribution in [3.05, 3.63) is 29.8 Å². The van der Waals surface area contributed by atoms with E-state index in [4.69, 9.17) is 0 Å². The molecule has 0 radical (unpaired) electrons. The third-order valence-electron chi connectivity index (χ3n) is 7.06. The van der Waals surface area contributed by atoms with Gasteiger partial charge in [0.1, 0.15) is 17.8 Å². The maximum atomic E-state index is 13.0. The van der Waals surface area contributed by atoms with Gasteiger partial charge in [0.25, 0.3) is 5.91 Å². The average Bonchev–Trinajstić information content (AvgIpc) is 3.39.